The summed E-state index contributed by atoms with van der Waals surface area (Å²) in [6, 6.07) is 10.3. The first kappa shape index (κ1) is 36.9. The number of carboxylic acids is 1. The summed E-state index contributed by atoms with van der Waals surface area (Å²) in [5.41, 5.74) is 0.186. The van der Waals surface area contributed by atoms with Crippen LogP contribution < -0.4 is 9.47 Å². The number of nitrogens with zero attached hydrogens (tertiary/aromatic N) is 1. The summed E-state index contributed by atoms with van der Waals surface area (Å²) in [6.07, 6.45) is -3.85. The fraction of sp³-hybridized carbons (Fsp3) is 0.469. The van der Waals surface area contributed by atoms with E-state index in [1.807, 2.05) is 0 Å². The molecule has 0 fully saturated rings. The third-order valence-electron chi connectivity index (χ3n) is 6.59. The lowest BCUT2D eigenvalue weighted by Gasteiger charge is -2.33. The van der Waals surface area contributed by atoms with E-state index in [-0.39, 0.29) is 37.7 Å². The molecule has 15 heteroatoms. The molecule has 1 aliphatic rings. The minimum absolute atomic E-state index is 0.142. The maximum atomic E-state index is 13.3. The molecule has 256 valence electrons. The van der Waals surface area contributed by atoms with E-state index in [1.54, 1.807) is 58.0 Å². The quantitative estimate of drug-likeness (QED) is 0.177. The van der Waals surface area contributed by atoms with Gasteiger partial charge in [-0.3, -0.25) is 0 Å². The van der Waals surface area contributed by atoms with Crippen molar-refractivity contribution >= 4 is 41.6 Å². The van der Waals surface area contributed by atoms with E-state index >= 15 is 0 Å². The van der Waals surface area contributed by atoms with Crippen LogP contribution in [0.2, 0.25) is 5.02 Å². The topological polar surface area (TPSA) is 184 Å². The predicted molar refractivity (Wildman–Crippen MR) is 164 cm³/mol. The zero-order chi connectivity index (χ0) is 35.1. The highest BCUT2D eigenvalue weighted by Crippen LogP contribution is 2.41. The average molecular weight is 680 g/mol. The van der Waals surface area contributed by atoms with Crippen molar-refractivity contribution in [1.29, 1.82) is 0 Å². The summed E-state index contributed by atoms with van der Waals surface area (Å²) in [5.74, 6) is -9.61. The Kier molecular flexibility index (Phi) is 12.1. The molecule has 0 radical (unpaired) electrons. The first-order valence-corrected chi connectivity index (χ1v) is 15.1. The molecule has 2 N–H and O–H groups in total. The highest BCUT2D eigenvalue weighted by atomic mass is 35.5. The van der Waals surface area contributed by atoms with Gasteiger partial charge in [0.05, 0.1) is 25.9 Å². The molecule has 0 saturated carbocycles. The Balaban J connectivity index is 1.84. The summed E-state index contributed by atoms with van der Waals surface area (Å²) in [7, 11) is 0. The van der Waals surface area contributed by atoms with E-state index in [1.165, 1.54) is 30.9 Å². The van der Waals surface area contributed by atoms with Crippen LogP contribution in [0.3, 0.4) is 0 Å². The van der Waals surface area contributed by atoms with Gasteiger partial charge in [0.15, 0.2) is 11.5 Å². The highest BCUT2D eigenvalue weighted by Gasteiger charge is 2.60. The van der Waals surface area contributed by atoms with Gasteiger partial charge in [-0.05, 0) is 83.4 Å². The number of benzene rings is 2. The number of aliphatic carboxylic acids is 1. The molecule has 0 spiro atoms. The van der Waals surface area contributed by atoms with Crippen LogP contribution in [0, 0.1) is 0 Å². The van der Waals surface area contributed by atoms with Gasteiger partial charge < -0.3 is 43.5 Å². The number of esters is 3. The van der Waals surface area contributed by atoms with Crippen LogP contribution in [-0.4, -0.2) is 88.4 Å². The zero-order valence-corrected chi connectivity index (χ0v) is 27.6. The number of halogens is 1. The molecule has 1 heterocycles. The predicted octanol–water partition coefficient (Wildman–Crippen LogP) is 3.83. The van der Waals surface area contributed by atoms with Crippen LogP contribution in [0.1, 0.15) is 58.8 Å². The lowest BCUT2D eigenvalue weighted by molar-refractivity contribution is -0.208. The van der Waals surface area contributed by atoms with Crippen molar-refractivity contribution < 1.29 is 62.6 Å². The van der Waals surface area contributed by atoms with Gasteiger partial charge in [0, 0.05) is 11.1 Å². The Morgan fingerprint density at radius 1 is 0.957 bits per heavy atom. The van der Waals surface area contributed by atoms with Crippen molar-refractivity contribution in [3.8, 4) is 11.5 Å². The van der Waals surface area contributed by atoms with Gasteiger partial charge in [0.1, 0.15) is 5.60 Å². The monoisotopic (exact) mass is 679 g/mol. The smallest absolute Gasteiger partial charge is 0.453 e. The highest BCUT2D eigenvalue weighted by molar-refractivity contribution is 6.30. The molecule has 0 aromatic heterocycles. The van der Waals surface area contributed by atoms with Crippen molar-refractivity contribution in [2.75, 3.05) is 19.8 Å². The number of fused-ring (bicyclic) bond motifs is 1. The molecule has 1 amide bonds. The molecule has 1 aliphatic heterocycles. The Morgan fingerprint density at radius 2 is 1.57 bits per heavy atom. The summed E-state index contributed by atoms with van der Waals surface area (Å²) >= 11 is 6.08. The summed E-state index contributed by atoms with van der Waals surface area (Å²) in [5, 5.41) is 21.3. The number of carbonyl (C=O) groups excluding carboxylic acids is 4. The molecular formula is C32H38ClNO13. The Labute approximate surface area is 276 Å². The second-order valence-electron chi connectivity index (χ2n) is 11.5. The van der Waals surface area contributed by atoms with E-state index in [9.17, 15) is 34.2 Å². The molecule has 47 heavy (non-hydrogen) atoms. The Morgan fingerprint density at radius 3 is 2.13 bits per heavy atom. The molecule has 0 bridgehead atoms. The van der Waals surface area contributed by atoms with Crippen molar-refractivity contribution in [1.82, 2.24) is 4.90 Å². The maximum Gasteiger partial charge on any atom is 0.453 e. The number of carboxylic acid groups (broad SMARTS) is 1. The fourth-order valence-corrected chi connectivity index (χ4v) is 4.66. The van der Waals surface area contributed by atoms with Crippen molar-refractivity contribution in [2.45, 2.75) is 77.6 Å². The van der Waals surface area contributed by atoms with E-state index in [2.05, 4.69) is 0 Å². The molecule has 0 aliphatic carbocycles. The summed E-state index contributed by atoms with van der Waals surface area (Å²) in [6.45, 7) is 9.28. The van der Waals surface area contributed by atoms with E-state index in [0.29, 0.717) is 16.1 Å². The first-order valence-electron chi connectivity index (χ1n) is 14.7. The number of hydrogen-bond donors (Lipinski definition) is 2. The average Bonchev–Trinajstić information content (AvgIpc) is 3.38. The number of amides is 1. The Hall–Kier alpha value is -4.56. The summed E-state index contributed by atoms with van der Waals surface area (Å²) in [4.78, 5) is 64.7. The third-order valence-corrected chi connectivity index (χ3v) is 6.82. The lowest BCUT2D eigenvalue weighted by Crippen LogP contribution is -2.57. The van der Waals surface area contributed by atoms with E-state index < -0.39 is 59.6 Å². The molecule has 14 nitrogen and oxygen atoms in total. The van der Waals surface area contributed by atoms with Gasteiger partial charge in [0.25, 0.3) is 6.10 Å². The summed E-state index contributed by atoms with van der Waals surface area (Å²) < 4.78 is 30.9. The molecule has 2 aromatic rings. The molecule has 3 unspecified atom stereocenters. The van der Waals surface area contributed by atoms with Crippen LogP contribution in [-0.2, 0) is 44.5 Å². The lowest BCUT2D eigenvalue weighted by atomic mass is 10.0. The number of ether oxygens (including phenoxy) is 6. The van der Waals surface area contributed by atoms with Crippen molar-refractivity contribution in [2.24, 2.45) is 0 Å². The van der Waals surface area contributed by atoms with Gasteiger partial charge >= 0.3 is 35.8 Å². The van der Waals surface area contributed by atoms with Gasteiger partial charge in [-0.15, -0.1) is 0 Å². The Bertz CT molecular complexity index is 1470. The molecule has 2 aromatic carbocycles. The van der Waals surface area contributed by atoms with Crippen LogP contribution >= 0.6 is 11.6 Å². The van der Waals surface area contributed by atoms with Crippen LogP contribution in [0.15, 0.2) is 42.5 Å². The van der Waals surface area contributed by atoms with Gasteiger partial charge in [0.2, 0.25) is 0 Å². The SMILES string of the molecule is CCOC(=O)C(OC(=O)C1(C(=O)O)Oc2ccc(CC(C)N(CC(O)c3cccc(Cl)c3)C(=O)OC(C)(C)C)cc2O1)C(=O)OCC. The van der Waals surface area contributed by atoms with E-state index in [0.717, 1.165) is 0 Å². The standard InChI is InChI=1S/C32H38ClNO13/c1-7-42-26(36)25(27(37)43-8-2)44-29(40)32(28(38)39)45-23-13-12-19(15-24(23)46-32)14-18(3)34(30(41)47-31(4,5)6)17-22(35)20-10-9-11-21(33)16-20/h9-13,15-16,18,22,25,35H,7-8,14,17H2,1-6H3,(H,38,39). The number of hydrogen-bond acceptors (Lipinski definition) is 12. The van der Waals surface area contributed by atoms with Gasteiger partial charge in [-0.2, -0.15) is 0 Å². The number of rotatable bonds is 13. The van der Waals surface area contributed by atoms with Gasteiger partial charge in [-0.1, -0.05) is 29.8 Å². The van der Waals surface area contributed by atoms with Crippen LogP contribution in [0.25, 0.3) is 0 Å². The second-order valence-corrected chi connectivity index (χ2v) is 11.9. The first-order chi connectivity index (χ1) is 22.0. The third kappa shape index (κ3) is 9.26. The molecule has 3 rings (SSSR count). The minimum Gasteiger partial charge on any atom is -0.475 e. The van der Waals surface area contributed by atoms with Crippen molar-refractivity contribution in [3.05, 3.63) is 58.6 Å². The minimum atomic E-state index is -3.10. The number of aliphatic hydroxyl groups is 1. The van der Waals surface area contributed by atoms with Crippen LogP contribution in [0.4, 0.5) is 4.79 Å². The van der Waals surface area contributed by atoms with Crippen LogP contribution in [0.5, 0.6) is 11.5 Å². The maximum absolute atomic E-state index is 13.3. The second kappa shape index (κ2) is 15.4. The normalized spacial score (nSPS) is 16.5. The van der Waals surface area contributed by atoms with E-state index in [4.69, 9.17) is 40.0 Å². The molecular weight excluding hydrogens is 642 g/mol. The van der Waals surface area contributed by atoms with Gasteiger partial charge in [-0.25, -0.2) is 24.0 Å². The number of aliphatic hydroxyl groups excluding tert-OH is 1. The largest absolute Gasteiger partial charge is 0.475 e. The zero-order valence-electron chi connectivity index (χ0n) is 26.8. The fourth-order valence-electron chi connectivity index (χ4n) is 4.46. The van der Waals surface area contributed by atoms with Crippen molar-refractivity contribution in [3.63, 3.8) is 0 Å². The molecule has 3 atom stereocenters. The molecule has 0 saturated heterocycles. The number of carbonyl (C=O) groups is 5.